The van der Waals surface area contributed by atoms with Gasteiger partial charge in [0.05, 0.1) is 5.69 Å². The maximum Gasteiger partial charge on any atom is 0.258 e. The number of hydrogen-bond acceptors (Lipinski definition) is 5. The number of rotatable bonds is 8. The highest BCUT2D eigenvalue weighted by atomic mass is 35.5. The van der Waals surface area contributed by atoms with E-state index in [1.807, 2.05) is 11.8 Å². The zero-order chi connectivity index (χ0) is 29.1. The predicted octanol–water partition coefficient (Wildman–Crippen LogP) is 4.75. The Hall–Kier alpha value is -3.73. The first kappa shape index (κ1) is 28.8. The molecule has 1 aliphatic rings. The normalized spacial score (nSPS) is 14.4. The third kappa shape index (κ3) is 5.86. The third-order valence-electron chi connectivity index (χ3n) is 7.18. The van der Waals surface area contributed by atoms with E-state index in [0.717, 1.165) is 0 Å². The molecule has 4 aromatic rings. The average Bonchev–Trinajstić information content (AvgIpc) is 2.97. The van der Waals surface area contributed by atoms with Gasteiger partial charge in [-0.25, -0.2) is 12.8 Å². The molecular weight excluding hydrogens is 567 g/mol. The molecule has 0 N–H and O–H groups in total. The van der Waals surface area contributed by atoms with Gasteiger partial charge in [0, 0.05) is 60.4 Å². The SMILES string of the molecule is CCCN(C(=O)Cn1cc(S(=O)(=O)N2CCN(c3ccccc3F)CC2)c2ccccc2c1=O)c1cccc(Cl)c1. The fraction of sp³-hybridized carbons (Fsp3) is 0.267. The topological polar surface area (TPSA) is 82.9 Å². The minimum atomic E-state index is -4.06. The van der Waals surface area contributed by atoms with Gasteiger partial charge in [-0.05, 0) is 42.8 Å². The van der Waals surface area contributed by atoms with Crippen LogP contribution in [0.1, 0.15) is 13.3 Å². The highest BCUT2D eigenvalue weighted by Gasteiger charge is 2.32. The van der Waals surface area contributed by atoms with Crippen LogP contribution >= 0.6 is 11.6 Å². The summed E-state index contributed by atoms with van der Waals surface area (Å²) >= 11 is 6.15. The number of fused-ring (bicyclic) bond motifs is 1. The smallest absolute Gasteiger partial charge is 0.258 e. The molecule has 0 radical (unpaired) electrons. The van der Waals surface area contributed by atoms with Gasteiger partial charge in [-0.3, -0.25) is 9.59 Å². The summed E-state index contributed by atoms with van der Waals surface area (Å²) in [5, 5.41) is 0.969. The first-order valence-electron chi connectivity index (χ1n) is 13.4. The van der Waals surface area contributed by atoms with Gasteiger partial charge in [0.2, 0.25) is 15.9 Å². The molecule has 1 aliphatic heterocycles. The quantitative estimate of drug-likeness (QED) is 0.293. The van der Waals surface area contributed by atoms with Gasteiger partial charge in [0.1, 0.15) is 17.3 Å². The lowest BCUT2D eigenvalue weighted by molar-refractivity contribution is -0.119. The lowest BCUT2D eigenvalue weighted by Gasteiger charge is -2.35. The van der Waals surface area contributed by atoms with Gasteiger partial charge in [-0.1, -0.05) is 54.9 Å². The van der Waals surface area contributed by atoms with Crippen LogP contribution in [-0.4, -0.2) is 55.9 Å². The van der Waals surface area contributed by atoms with Crippen LogP contribution in [0.4, 0.5) is 15.8 Å². The molecule has 1 fully saturated rings. The molecule has 11 heteroatoms. The van der Waals surface area contributed by atoms with Crippen LogP contribution in [0.2, 0.25) is 5.02 Å². The van der Waals surface area contributed by atoms with E-state index in [2.05, 4.69) is 0 Å². The maximum atomic E-state index is 14.3. The Morgan fingerprint density at radius 3 is 2.32 bits per heavy atom. The minimum Gasteiger partial charge on any atom is -0.367 e. The zero-order valence-electron chi connectivity index (χ0n) is 22.5. The van der Waals surface area contributed by atoms with E-state index < -0.39 is 15.6 Å². The summed E-state index contributed by atoms with van der Waals surface area (Å²) in [5.74, 6) is -0.727. The van der Waals surface area contributed by atoms with Crippen molar-refractivity contribution in [3.8, 4) is 0 Å². The van der Waals surface area contributed by atoms with Crippen LogP contribution in [0.25, 0.3) is 10.8 Å². The molecule has 2 heterocycles. The number of aromatic nitrogens is 1. The maximum absolute atomic E-state index is 14.3. The lowest BCUT2D eigenvalue weighted by Crippen LogP contribution is -2.49. The fourth-order valence-electron chi connectivity index (χ4n) is 5.15. The molecule has 1 amide bonds. The Morgan fingerprint density at radius 1 is 0.951 bits per heavy atom. The molecular formula is C30H30ClFN4O4S. The lowest BCUT2D eigenvalue weighted by atomic mass is 10.2. The summed E-state index contributed by atoms with van der Waals surface area (Å²) in [7, 11) is -4.06. The van der Waals surface area contributed by atoms with E-state index in [0.29, 0.717) is 42.5 Å². The largest absolute Gasteiger partial charge is 0.367 e. The van der Waals surface area contributed by atoms with Crippen molar-refractivity contribution in [1.82, 2.24) is 8.87 Å². The van der Waals surface area contributed by atoms with Gasteiger partial charge in [0.25, 0.3) is 5.56 Å². The highest BCUT2D eigenvalue weighted by Crippen LogP contribution is 2.27. The number of pyridine rings is 1. The Balaban J connectivity index is 1.47. The monoisotopic (exact) mass is 596 g/mol. The molecule has 41 heavy (non-hydrogen) atoms. The van der Waals surface area contributed by atoms with E-state index in [-0.39, 0.29) is 47.0 Å². The Labute approximate surface area is 243 Å². The molecule has 0 bridgehead atoms. The number of amides is 1. The minimum absolute atomic E-state index is 0.0513. The highest BCUT2D eigenvalue weighted by molar-refractivity contribution is 7.89. The van der Waals surface area contributed by atoms with Crippen LogP contribution in [0.5, 0.6) is 0 Å². The van der Waals surface area contributed by atoms with Crippen LogP contribution in [0.3, 0.4) is 0 Å². The van der Waals surface area contributed by atoms with Gasteiger partial charge < -0.3 is 14.4 Å². The van der Waals surface area contributed by atoms with Crippen molar-refractivity contribution in [1.29, 1.82) is 0 Å². The molecule has 0 spiro atoms. The van der Waals surface area contributed by atoms with Gasteiger partial charge in [0.15, 0.2) is 0 Å². The summed E-state index contributed by atoms with van der Waals surface area (Å²) < 4.78 is 44.8. The first-order chi connectivity index (χ1) is 19.7. The summed E-state index contributed by atoms with van der Waals surface area (Å²) in [5.41, 5.74) is 0.567. The number of halogens is 2. The molecule has 1 aromatic heterocycles. The number of piperazine rings is 1. The van der Waals surface area contributed by atoms with E-state index in [4.69, 9.17) is 11.6 Å². The van der Waals surface area contributed by atoms with Crippen molar-refractivity contribution in [2.45, 2.75) is 24.8 Å². The average molecular weight is 597 g/mol. The van der Waals surface area contributed by atoms with Crippen molar-refractivity contribution in [2.75, 3.05) is 42.5 Å². The van der Waals surface area contributed by atoms with Gasteiger partial charge in [-0.2, -0.15) is 4.31 Å². The number of carbonyl (C=O) groups excluding carboxylic acids is 1. The van der Waals surface area contributed by atoms with Gasteiger partial charge in [-0.15, -0.1) is 0 Å². The van der Waals surface area contributed by atoms with Gasteiger partial charge >= 0.3 is 0 Å². The number of nitrogens with zero attached hydrogens (tertiary/aromatic N) is 4. The van der Waals surface area contributed by atoms with E-state index >= 15 is 0 Å². The summed E-state index contributed by atoms with van der Waals surface area (Å²) in [6.45, 7) is 2.89. The van der Waals surface area contributed by atoms with Crippen LogP contribution in [-0.2, 0) is 21.4 Å². The van der Waals surface area contributed by atoms with Crippen molar-refractivity contribution >= 4 is 49.7 Å². The Kier molecular flexibility index (Phi) is 8.44. The molecule has 0 unspecified atom stereocenters. The second-order valence-electron chi connectivity index (χ2n) is 9.84. The van der Waals surface area contributed by atoms with Crippen molar-refractivity contribution in [2.24, 2.45) is 0 Å². The fourth-order valence-corrected chi connectivity index (χ4v) is 6.97. The molecule has 0 aliphatic carbocycles. The predicted molar refractivity (Wildman–Crippen MR) is 160 cm³/mol. The summed E-state index contributed by atoms with van der Waals surface area (Å²) in [6, 6.07) is 19.8. The molecule has 214 valence electrons. The molecule has 3 aromatic carbocycles. The van der Waals surface area contributed by atoms with Crippen molar-refractivity contribution in [3.63, 3.8) is 0 Å². The van der Waals surface area contributed by atoms with E-state index in [1.165, 1.54) is 21.1 Å². The number of carbonyl (C=O) groups is 1. The second kappa shape index (κ2) is 12.0. The number of hydrogen-bond donors (Lipinski definition) is 0. The Bertz CT molecular complexity index is 1750. The second-order valence-corrected chi connectivity index (χ2v) is 12.2. The van der Waals surface area contributed by atoms with Crippen LogP contribution < -0.4 is 15.4 Å². The van der Waals surface area contributed by atoms with E-state index in [9.17, 15) is 22.4 Å². The van der Waals surface area contributed by atoms with Crippen LogP contribution in [0, 0.1) is 5.82 Å². The van der Waals surface area contributed by atoms with Crippen LogP contribution in [0.15, 0.2) is 88.7 Å². The molecule has 0 saturated carbocycles. The molecule has 8 nitrogen and oxygen atoms in total. The molecule has 1 saturated heterocycles. The van der Waals surface area contributed by atoms with Crippen molar-refractivity contribution in [3.05, 3.63) is 100 Å². The molecule has 5 rings (SSSR count). The number of sulfonamides is 1. The first-order valence-corrected chi connectivity index (χ1v) is 15.2. The standard InChI is InChI=1S/C30H30ClFN4O4S/c1-2-14-36(23-9-7-8-22(31)19-23)29(37)21-34-20-28(24-10-3-4-11-25(24)30(34)38)41(39,40)35-17-15-33(16-18-35)27-13-6-5-12-26(27)32/h3-13,19-20H,2,14-18,21H2,1H3. The third-order valence-corrected chi connectivity index (χ3v) is 9.34. The zero-order valence-corrected chi connectivity index (χ0v) is 24.1. The summed E-state index contributed by atoms with van der Waals surface area (Å²) in [6.07, 6.45) is 1.94. The summed E-state index contributed by atoms with van der Waals surface area (Å²) in [4.78, 5) is 30.2. The number of anilines is 2. The number of para-hydroxylation sites is 1. The molecule has 0 atom stereocenters. The number of benzene rings is 3. The van der Waals surface area contributed by atoms with Crippen molar-refractivity contribution < 1.29 is 17.6 Å². The Morgan fingerprint density at radius 2 is 1.63 bits per heavy atom. The van der Waals surface area contributed by atoms with E-state index in [1.54, 1.807) is 71.6 Å².